The van der Waals surface area contributed by atoms with E-state index in [1.807, 2.05) is 24.3 Å². The van der Waals surface area contributed by atoms with Crippen LogP contribution in [0.15, 0.2) is 51.8 Å². The van der Waals surface area contributed by atoms with Crippen molar-refractivity contribution < 1.29 is 13.3 Å². The summed E-state index contributed by atoms with van der Waals surface area (Å²) >= 11 is 3.34. The minimum Gasteiger partial charge on any atom is -0.493 e. The highest BCUT2D eigenvalue weighted by Gasteiger charge is 2.09. The maximum absolute atomic E-state index is 12.9. The summed E-state index contributed by atoms with van der Waals surface area (Å²) in [7, 11) is -1.31. The number of rotatable bonds is 5. The van der Waals surface area contributed by atoms with Gasteiger partial charge in [0, 0.05) is 4.47 Å². The van der Waals surface area contributed by atoms with E-state index in [-0.39, 0.29) is 5.69 Å². The van der Waals surface area contributed by atoms with Crippen LogP contribution in [0.3, 0.4) is 0 Å². The largest absolute Gasteiger partial charge is 0.493 e. The number of nitrogens with two attached hydrogens (primary N) is 1. The third kappa shape index (κ3) is 4.05. The van der Waals surface area contributed by atoms with Crippen molar-refractivity contribution in [2.24, 2.45) is 0 Å². The van der Waals surface area contributed by atoms with Crippen molar-refractivity contribution in [1.29, 1.82) is 0 Å². The zero-order valence-corrected chi connectivity index (χ0v) is 12.9. The first kappa shape index (κ1) is 15.0. The van der Waals surface area contributed by atoms with Crippen LogP contribution in [-0.2, 0) is 10.8 Å². The van der Waals surface area contributed by atoms with Crippen LogP contribution in [0.1, 0.15) is 0 Å². The van der Waals surface area contributed by atoms with Crippen molar-refractivity contribution in [1.82, 2.24) is 0 Å². The minimum atomic E-state index is -1.31. The Kier molecular flexibility index (Phi) is 5.14. The van der Waals surface area contributed by atoms with Gasteiger partial charge in [0.1, 0.15) is 18.2 Å². The predicted octanol–water partition coefficient (Wildman–Crippen LogP) is 3.36. The second-order valence-corrected chi connectivity index (χ2v) is 6.49. The van der Waals surface area contributed by atoms with Crippen LogP contribution in [0.5, 0.6) is 5.75 Å². The molecule has 0 aliphatic heterocycles. The third-order valence-corrected chi connectivity index (χ3v) is 4.44. The summed E-state index contributed by atoms with van der Waals surface area (Å²) in [4.78, 5) is 0.434. The van der Waals surface area contributed by atoms with Crippen LogP contribution >= 0.6 is 15.9 Å². The average molecular weight is 358 g/mol. The Morgan fingerprint density at radius 2 is 2.05 bits per heavy atom. The fraction of sp³-hybridized carbons (Fsp3) is 0.143. The smallest absolute Gasteiger partial charge is 0.125 e. The Bertz CT molecular complexity index is 636. The van der Waals surface area contributed by atoms with Gasteiger partial charge in [-0.05, 0) is 36.4 Å². The van der Waals surface area contributed by atoms with Gasteiger partial charge in [0.15, 0.2) is 0 Å². The molecule has 3 nitrogen and oxygen atoms in total. The zero-order chi connectivity index (χ0) is 14.5. The molecule has 2 aromatic carbocycles. The van der Waals surface area contributed by atoms with E-state index in [0.29, 0.717) is 23.0 Å². The van der Waals surface area contributed by atoms with Gasteiger partial charge in [-0.25, -0.2) is 4.39 Å². The van der Waals surface area contributed by atoms with E-state index in [4.69, 9.17) is 10.5 Å². The summed E-state index contributed by atoms with van der Waals surface area (Å²) < 4.78 is 31.4. The molecule has 2 N–H and O–H groups in total. The van der Waals surface area contributed by atoms with Gasteiger partial charge < -0.3 is 10.5 Å². The lowest BCUT2D eigenvalue weighted by Crippen LogP contribution is -2.10. The van der Waals surface area contributed by atoms with Gasteiger partial charge in [-0.15, -0.1) is 0 Å². The van der Waals surface area contributed by atoms with Gasteiger partial charge >= 0.3 is 0 Å². The summed E-state index contributed by atoms with van der Waals surface area (Å²) in [5, 5.41) is 0. The Balaban J connectivity index is 1.92. The Hall–Kier alpha value is -1.40. The van der Waals surface area contributed by atoms with Gasteiger partial charge in [-0.2, -0.15) is 0 Å². The minimum absolute atomic E-state index is 0.200. The molecule has 2 rings (SSSR count). The maximum atomic E-state index is 12.9. The van der Waals surface area contributed by atoms with E-state index in [1.165, 1.54) is 18.2 Å². The molecule has 0 heterocycles. The SMILES string of the molecule is Nc1cc(F)ccc1S(=O)CCOc1cccc(Br)c1. The van der Waals surface area contributed by atoms with E-state index in [1.54, 1.807) is 0 Å². The van der Waals surface area contributed by atoms with Crippen LogP contribution < -0.4 is 10.5 Å². The van der Waals surface area contributed by atoms with E-state index in [0.717, 1.165) is 4.47 Å². The molecule has 1 atom stereocenters. The first-order chi connectivity index (χ1) is 9.56. The second-order valence-electron chi connectivity index (χ2n) is 4.04. The number of nitrogen functional groups attached to an aromatic ring is 1. The molecule has 20 heavy (non-hydrogen) atoms. The summed E-state index contributed by atoms with van der Waals surface area (Å²) in [5.41, 5.74) is 5.84. The fourth-order valence-electron chi connectivity index (χ4n) is 1.63. The predicted molar refractivity (Wildman–Crippen MR) is 81.7 cm³/mol. The topological polar surface area (TPSA) is 52.3 Å². The molecular formula is C14H13BrFNO2S. The standard InChI is InChI=1S/C14H13BrFNO2S/c15-10-2-1-3-12(8-10)19-6-7-20(18)14-5-4-11(16)9-13(14)17/h1-5,8-9H,6-7,17H2. The highest BCUT2D eigenvalue weighted by Crippen LogP contribution is 2.19. The molecule has 0 saturated carbocycles. The van der Waals surface area contributed by atoms with Crippen LogP contribution in [0.25, 0.3) is 0 Å². The van der Waals surface area contributed by atoms with Crippen molar-refractivity contribution in [3.8, 4) is 5.75 Å². The number of halogens is 2. The normalized spacial score (nSPS) is 12.1. The quantitative estimate of drug-likeness (QED) is 0.834. The second kappa shape index (κ2) is 6.85. The summed E-state index contributed by atoms with van der Waals surface area (Å²) in [6.07, 6.45) is 0. The molecule has 0 spiro atoms. The van der Waals surface area contributed by atoms with Crippen LogP contribution in [-0.4, -0.2) is 16.6 Å². The molecule has 1 unspecified atom stereocenters. The first-order valence-electron chi connectivity index (χ1n) is 5.88. The van der Waals surface area contributed by atoms with E-state index in [2.05, 4.69) is 15.9 Å². The van der Waals surface area contributed by atoms with Gasteiger partial charge in [0.2, 0.25) is 0 Å². The molecule has 0 aliphatic carbocycles. The van der Waals surface area contributed by atoms with Crippen molar-refractivity contribution in [2.75, 3.05) is 18.1 Å². The summed E-state index contributed by atoms with van der Waals surface area (Å²) in [6, 6.07) is 11.3. The molecule has 0 radical (unpaired) electrons. The molecule has 6 heteroatoms. The molecule has 0 amide bonds. The molecule has 0 bridgehead atoms. The summed E-state index contributed by atoms with van der Waals surface area (Å²) in [5.74, 6) is 0.555. The molecule has 0 aromatic heterocycles. The van der Waals surface area contributed by atoms with Crippen LogP contribution in [0, 0.1) is 5.82 Å². The lowest BCUT2D eigenvalue weighted by Gasteiger charge is -2.08. The highest BCUT2D eigenvalue weighted by molar-refractivity contribution is 9.10. The van der Waals surface area contributed by atoms with E-state index < -0.39 is 16.6 Å². The monoisotopic (exact) mass is 357 g/mol. The lowest BCUT2D eigenvalue weighted by molar-refractivity contribution is 0.342. The van der Waals surface area contributed by atoms with E-state index >= 15 is 0 Å². The Morgan fingerprint density at radius 3 is 2.75 bits per heavy atom. The number of hydrogen-bond donors (Lipinski definition) is 1. The molecular weight excluding hydrogens is 345 g/mol. The zero-order valence-electron chi connectivity index (χ0n) is 10.5. The number of hydrogen-bond acceptors (Lipinski definition) is 3. The van der Waals surface area contributed by atoms with Gasteiger partial charge in [-0.1, -0.05) is 22.0 Å². The van der Waals surface area contributed by atoms with Crippen molar-refractivity contribution in [3.05, 3.63) is 52.8 Å². The number of anilines is 1. The molecule has 2 aromatic rings. The average Bonchev–Trinajstić information content (AvgIpc) is 2.38. The Labute approximate surface area is 127 Å². The lowest BCUT2D eigenvalue weighted by atomic mass is 10.3. The van der Waals surface area contributed by atoms with Crippen LogP contribution in [0.4, 0.5) is 10.1 Å². The maximum Gasteiger partial charge on any atom is 0.125 e. The number of ether oxygens (including phenoxy) is 1. The van der Waals surface area contributed by atoms with Crippen molar-refractivity contribution in [2.45, 2.75) is 4.90 Å². The summed E-state index contributed by atoms with van der Waals surface area (Å²) in [6.45, 7) is 0.292. The molecule has 0 aliphatic rings. The van der Waals surface area contributed by atoms with Gasteiger partial charge in [-0.3, -0.25) is 4.21 Å². The van der Waals surface area contributed by atoms with Gasteiger partial charge in [0.05, 0.1) is 27.1 Å². The fourth-order valence-corrected chi connectivity index (χ4v) is 3.00. The number of benzene rings is 2. The molecule has 106 valence electrons. The van der Waals surface area contributed by atoms with Gasteiger partial charge in [0.25, 0.3) is 0 Å². The van der Waals surface area contributed by atoms with Crippen molar-refractivity contribution >= 4 is 32.4 Å². The van der Waals surface area contributed by atoms with Crippen LogP contribution in [0.2, 0.25) is 0 Å². The van der Waals surface area contributed by atoms with Crippen molar-refractivity contribution in [3.63, 3.8) is 0 Å². The Morgan fingerprint density at radius 1 is 1.25 bits per heavy atom. The van der Waals surface area contributed by atoms with E-state index in [9.17, 15) is 8.60 Å². The first-order valence-corrected chi connectivity index (χ1v) is 7.99. The molecule has 0 saturated heterocycles. The molecule has 0 fully saturated rings. The third-order valence-electron chi connectivity index (χ3n) is 2.55. The highest BCUT2D eigenvalue weighted by atomic mass is 79.9.